The number of thiazole rings is 1. The molecule has 1 aromatic carbocycles. The van der Waals surface area contributed by atoms with Crippen LogP contribution in [0, 0.1) is 5.92 Å². The molecule has 8 heteroatoms. The number of benzene rings is 1. The van der Waals surface area contributed by atoms with Crippen molar-refractivity contribution in [3.05, 3.63) is 48.2 Å². The lowest BCUT2D eigenvalue weighted by Gasteiger charge is -2.31. The molecule has 1 fully saturated rings. The summed E-state index contributed by atoms with van der Waals surface area (Å²) in [7, 11) is 0. The van der Waals surface area contributed by atoms with E-state index in [4.69, 9.17) is 4.74 Å². The predicted octanol–water partition coefficient (Wildman–Crippen LogP) is 3.85. The Morgan fingerprint density at radius 3 is 2.72 bits per heavy atom. The molecule has 1 saturated heterocycles. The summed E-state index contributed by atoms with van der Waals surface area (Å²) in [6.07, 6.45) is 6.70. The molecule has 2 aromatic heterocycles. The number of nitrogens with one attached hydrogen (secondary N) is 1. The molecular formula is C21H23N5O2S. The average molecular weight is 410 g/mol. The number of nitrogens with zero attached hydrogens (tertiary/aromatic N) is 4. The normalized spacial score (nSPS) is 14.6. The highest BCUT2D eigenvalue weighted by Crippen LogP contribution is 2.28. The van der Waals surface area contributed by atoms with Crippen molar-refractivity contribution in [2.24, 2.45) is 5.92 Å². The number of amides is 1. The summed E-state index contributed by atoms with van der Waals surface area (Å²) in [4.78, 5) is 27.9. The summed E-state index contributed by atoms with van der Waals surface area (Å²) in [5.74, 6) is 1.73. The molecule has 0 bridgehead atoms. The number of aromatic nitrogens is 3. The fraction of sp³-hybridized carbons (Fsp3) is 0.333. The molecule has 1 amide bonds. The van der Waals surface area contributed by atoms with Crippen LogP contribution in [0.15, 0.2) is 48.2 Å². The molecule has 0 aliphatic carbocycles. The minimum atomic E-state index is -0.0132. The van der Waals surface area contributed by atoms with Gasteiger partial charge in [-0.15, -0.1) is 11.3 Å². The van der Waals surface area contributed by atoms with E-state index < -0.39 is 0 Å². The third-order valence-corrected chi connectivity index (χ3v) is 5.69. The number of hydrogen-bond donors (Lipinski definition) is 1. The van der Waals surface area contributed by atoms with Gasteiger partial charge in [0.1, 0.15) is 11.6 Å². The Kier molecular flexibility index (Phi) is 6.00. The quantitative estimate of drug-likeness (QED) is 0.666. The monoisotopic (exact) mass is 409 g/mol. The Morgan fingerprint density at radius 1 is 1.24 bits per heavy atom. The van der Waals surface area contributed by atoms with Gasteiger partial charge in [-0.2, -0.15) is 0 Å². The first-order valence-corrected chi connectivity index (χ1v) is 10.6. The van der Waals surface area contributed by atoms with Crippen LogP contribution in [-0.4, -0.2) is 40.6 Å². The third-order valence-electron chi connectivity index (χ3n) is 4.93. The van der Waals surface area contributed by atoms with Crippen molar-refractivity contribution in [2.75, 3.05) is 29.9 Å². The van der Waals surface area contributed by atoms with Crippen molar-refractivity contribution in [1.82, 2.24) is 15.0 Å². The summed E-state index contributed by atoms with van der Waals surface area (Å²) in [6.45, 7) is 4.20. The fourth-order valence-corrected chi connectivity index (χ4v) is 4.11. The molecule has 1 N–H and O–H groups in total. The zero-order chi connectivity index (χ0) is 20.1. The Morgan fingerprint density at radius 2 is 2.03 bits per heavy atom. The van der Waals surface area contributed by atoms with Crippen LogP contribution in [-0.2, 0) is 4.79 Å². The molecule has 3 heterocycles. The van der Waals surface area contributed by atoms with E-state index in [9.17, 15) is 4.79 Å². The number of ether oxygens (including phenoxy) is 1. The van der Waals surface area contributed by atoms with Crippen LogP contribution in [0.5, 0.6) is 5.75 Å². The summed E-state index contributed by atoms with van der Waals surface area (Å²) in [6, 6.07) is 7.82. The molecule has 0 unspecified atom stereocenters. The van der Waals surface area contributed by atoms with E-state index >= 15 is 0 Å². The molecular weight excluding hydrogens is 386 g/mol. The molecule has 29 heavy (non-hydrogen) atoms. The highest BCUT2D eigenvalue weighted by atomic mass is 32.1. The van der Waals surface area contributed by atoms with Crippen LogP contribution < -0.4 is 15.0 Å². The van der Waals surface area contributed by atoms with Crippen molar-refractivity contribution in [2.45, 2.75) is 19.8 Å². The second kappa shape index (κ2) is 9.00. The van der Waals surface area contributed by atoms with Crippen LogP contribution in [0.25, 0.3) is 11.3 Å². The molecule has 0 radical (unpaired) electrons. The van der Waals surface area contributed by atoms with Gasteiger partial charge in [0.2, 0.25) is 5.91 Å². The van der Waals surface area contributed by atoms with Gasteiger partial charge in [0.05, 0.1) is 18.5 Å². The zero-order valence-corrected chi connectivity index (χ0v) is 17.1. The molecule has 0 saturated carbocycles. The van der Waals surface area contributed by atoms with Gasteiger partial charge >= 0.3 is 0 Å². The van der Waals surface area contributed by atoms with Gasteiger partial charge in [-0.3, -0.25) is 9.78 Å². The van der Waals surface area contributed by atoms with E-state index in [1.54, 1.807) is 18.6 Å². The first-order valence-electron chi connectivity index (χ1n) is 9.73. The van der Waals surface area contributed by atoms with Crippen LogP contribution in [0.3, 0.4) is 0 Å². The lowest BCUT2D eigenvalue weighted by molar-refractivity contribution is -0.120. The first-order chi connectivity index (χ1) is 14.2. The van der Waals surface area contributed by atoms with Crippen molar-refractivity contribution in [1.29, 1.82) is 0 Å². The topological polar surface area (TPSA) is 80.2 Å². The van der Waals surface area contributed by atoms with E-state index in [-0.39, 0.29) is 11.8 Å². The summed E-state index contributed by atoms with van der Waals surface area (Å²) in [5.41, 5.74) is 1.85. The van der Waals surface area contributed by atoms with Crippen LogP contribution in [0.2, 0.25) is 0 Å². The van der Waals surface area contributed by atoms with E-state index in [0.717, 1.165) is 48.8 Å². The summed E-state index contributed by atoms with van der Waals surface area (Å²) in [5, 5.41) is 5.58. The van der Waals surface area contributed by atoms with Crippen LogP contribution in [0.1, 0.15) is 19.8 Å². The van der Waals surface area contributed by atoms with Gasteiger partial charge in [-0.1, -0.05) is 0 Å². The van der Waals surface area contributed by atoms with Gasteiger partial charge < -0.3 is 15.0 Å². The number of hydrogen-bond acceptors (Lipinski definition) is 7. The van der Waals surface area contributed by atoms with E-state index in [2.05, 4.69) is 25.2 Å². The number of piperidine rings is 1. The lowest BCUT2D eigenvalue weighted by Crippen LogP contribution is -2.38. The Balaban J connectivity index is 1.32. The van der Waals surface area contributed by atoms with Crippen molar-refractivity contribution < 1.29 is 9.53 Å². The van der Waals surface area contributed by atoms with Crippen molar-refractivity contribution in [3.8, 4) is 17.0 Å². The SMILES string of the molecule is CCOc1ccc(-c2csc(NC(=O)C3CCN(c4cnccn4)CC3)n2)cc1. The van der Waals surface area contributed by atoms with Gasteiger partial charge in [-0.05, 0) is 44.0 Å². The number of carbonyl (C=O) groups excluding carboxylic acids is 1. The zero-order valence-electron chi connectivity index (χ0n) is 16.2. The maximum absolute atomic E-state index is 12.7. The van der Waals surface area contributed by atoms with E-state index in [0.29, 0.717) is 11.7 Å². The average Bonchev–Trinajstić information content (AvgIpc) is 3.24. The van der Waals surface area contributed by atoms with Gasteiger partial charge in [0.15, 0.2) is 5.13 Å². The number of carbonyl (C=O) groups is 1. The molecule has 0 atom stereocenters. The molecule has 1 aliphatic rings. The first kappa shape index (κ1) is 19.3. The Bertz CT molecular complexity index is 937. The molecule has 150 valence electrons. The van der Waals surface area contributed by atoms with Crippen LogP contribution in [0.4, 0.5) is 10.9 Å². The third kappa shape index (κ3) is 4.71. The highest BCUT2D eigenvalue weighted by molar-refractivity contribution is 7.14. The Hall–Kier alpha value is -3.00. The second-order valence-corrected chi connectivity index (χ2v) is 7.67. The minimum Gasteiger partial charge on any atom is -0.494 e. The minimum absolute atomic E-state index is 0.0132. The van der Waals surface area contributed by atoms with E-state index in [1.165, 1.54) is 11.3 Å². The second-order valence-electron chi connectivity index (χ2n) is 6.81. The van der Waals surface area contributed by atoms with Gasteiger partial charge in [0.25, 0.3) is 0 Å². The molecule has 1 aliphatic heterocycles. The van der Waals surface area contributed by atoms with Gasteiger partial charge in [0, 0.05) is 42.3 Å². The summed E-state index contributed by atoms with van der Waals surface area (Å²) < 4.78 is 5.47. The largest absolute Gasteiger partial charge is 0.494 e. The molecule has 0 spiro atoms. The van der Waals surface area contributed by atoms with Crippen molar-refractivity contribution >= 4 is 28.2 Å². The maximum Gasteiger partial charge on any atom is 0.229 e. The fourth-order valence-electron chi connectivity index (χ4n) is 3.39. The molecule has 4 rings (SSSR count). The smallest absolute Gasteiger partial charge is 0.229 e. The molecule has 3 aromatic rings. The molecule has 7 nitrogen and oxygen atoms in total. The van der Waals surface area contributed by atoms with Crippen LogP contribution >= 0.6 is 11.3 Å². The predicted molar refractivity (Wildman–Crippen MR) is 114 cm³/mol. The number of rotatable bonds is 6. The summed E-state index contributed by atoms with van der Waals surface area (Å²) >= 11 is 1.45. The lowest BCUT2D eigenvalue weighted by atomic mass is 9.96. The highest BCUT2D eigenvalue weighted by Gasteiger charge is 2.26. The van der Waals surface area contributed by atoms with Crippen molar-refractivity contribution in [3.63, 3.8) is 0 Å². The maximum atomic E-state index is 12.7. The Labute approximate surface area is 173 Å². The van der Waals surface area contributed by atoms with E-state index in [1.807, 2.05) is 36.6 Å². The number of anilines is 2. The standard InChI is InChI=1S/C21H23N5O2S/c1-2-28-17-5-3-15(4-6-17)18-14-29-21(24-18)25-20(27)16-7-11-26(12-8-16)19-13-22-9-10-23-19/h3-6,9-10,13-14,16H,2,7-8,11-12H2,1H3,(H,24,25,27). The van der Waals surface area contributed by atoms with Gasteiger partial charge in [-0.25, -0.2) is 9.97 Å².